The van der Waals surface area contributed by atoms with Crippen molar-refractivity contribution in [1.29, 1.82) is 0 Å². The van der Waals surface area contributed by atoms with E-state index >= 15 is 0 Å². The third-order valence-corrected chi connectivity index (χ3v) is 5.13. The number of hydrogen-bond donors (Lipinski definition) is 0. The number of azo groups is 1. The minimum Gasteiger partial charge on any atom is -0.190 e. The second-order valence-electron chi connectivity index (χ2n) is 5.06. The van der Waals surface area contributed by atoms with Crippen molar-refractivity contribution in [3.05, 3.63) is 12.2 Å². The summed E-state index contributed by atoms with van der Waals surface area (Å²) in [6, 6.07) is 1.33. The molecule has 2 nitrogen and oxygen atoms in total. The summed E-state index contributed by atoms with van der Waals surface area (Å²) >= 11 is 0. The number of hydrogen-bond acceptors (Lipinski definition) is 2. The summed E-state index contributed by atoms with van der Waals surface area (Å²) in [5, 5.41) is 8.84. The monoisotopic (exact) mass is 158 g/mol. The van der Waals surface area contributed by atoms with Gasteiger partial charge in [0.05, 0.1) is 12.1 Å². The van der Waals surface area contributed by atoms with Crippen LogP contribution in [0.25, 0.3) is 0 Å². The van der Waals surface area contributed by atoms with Gasteiger partial charge < -0.3 is 0 Å². The first-order chi connectivity index (χ1) is 5.97. The maximum atomic E-state index is 4.42. The van der Waals surface area contributed by atoms with Crippen LogP contribution in [0.15, 0.2) is 22.4 Å². The predicted molar refractivity (Wildman–Crippen MR) is 42.5 cm³/mol. The fraction of sp³-hybridized carbons (Fsp3) is 0.800. The minimum atomic E-state index is 0.663. The van der Waals surface area contributed by atoms with E-state index in [1.165, 1.54) is 0 Å². The molecular formula is C10H10N2. The maximum Gasteiger partial charge on any atom is 0.0798 e. The van der Waals surface area contributed by atoms with Crippen molar-refractivity contribution in [2.24, 2.45) is 45.7 Å². The van der Waals surface area contributed by atoms with Gasteiger partial charge >= 0.3 is 0 Å². The number of nitrogens with zero attached hydrogens (tertiary/aromatic N) is 2. The minimum absolute atomic E-state index is 0.663. The second-order valence-corrected chi connectivity index (χ2v) is 5.06. The van der Waals surface area contributed by atoms with Gasteiger partial charge in [-0.15, -0.1) is 0 Å². The molecule has 6 rings (SSSR count). The summed E-state index contributed by atoms with van der Waals surface area (Å²) in [4.78, 5) is 0. The third kappa shape index (κ3) is 0.267. The van der Waals surface area contributed by atoms with Crippen LogP contribution < -0.4 is 0 Å². The Hall–Kier alpha value is -0.660. The van der Waals surface area contributed by atoms with E-state index in [9.17, 15) is 0 Å². The molecule has 5 aliphatic carbocycles. The predicted octanol–water partition coefficient (Wildman–Crippen LogP) is 1.50. The highest BCUT2D eigenvalue weighted by molar-refractivity contribution is 5.35. The maximum absolute atomic E-state index is 4.42. The summed E-state index contributed by atoms with van der Waals surface area (Å²) in [5.41, 5.74) is 0. The molecule has 4 saturated carbocycles. The molecule has 60 valence electrons. The lowest BCUT2D eigenvalue weighted by Gasteiger charge is -2.26. The van der Waals surface area contributed by atoms with Gasteiger partial charge in [0.1, 0.15) is 0 Å². The summed E-state index contributed by atoms with van der Waals surface area (Å²) in [6.07, 6.45) is 4.95. The summed E-state index contributed by atoms with van der Waals surface area (Å²) in [6.45, 7) is 0. The fourth-order valence-corrected chi connectivity index (χ4v) is 5.11. The molecule has 6 aliphatic rings. The SMILES string of the molecule is C1=C[C@@H]2C3C4[C@@H]5N=N[C@@H]4[C@H]2[C@H]5[C@H]13. The van der Waals surface area contributed by atoms with Crippen LogP contribution in [0.2, 0.25) is 0 Å². The van der Waals surface area contributed by atoms with Crippen LogP contribution >= 0.6 is 0 Å². The lowest BCUT2D eigenvalue weighted by atomic mass is 9.82. The Morgan fingerprint density at radius 1 is 0.667 bits per heavy atom. The van der Waals surface area contributed by atoms with Crippen molar-refractivity contribution in [1.82, 2.24) is 0 Å². The molecule has 8 bridgehead atoms. The van der Waals surface area contributed by atoms with Gasteiger partial charge in [0.25, 0.3) is 0 Å². The highest BCUT2D eigenvalue weighted by atomic mass is 15.3. The third-order valence-electron chi connectivity index (χ3n) is 5.13. The van der Waals surface area contributed by atoms with Gasteiger partial charge in [0.15, 0.2) is 0 Å². The molecule has 0 aromatic heterocycles. The highest BCUT2D eigenvalue weighted by Gasteiger charge is 2.77. The van der Waals surface area contributed by atoms with Gasteiger partial charge in [-0.2, -0.15) is 10.2 Å². The van der Waals surface area contributed by atoms with Gasteiger partial charge in [-0.1, -0.05) is 12.2 Å². The van der Waals surface area contributed by atoms with Gasteiger partial charge in [0.2, 0.25) is 0 Å². The van der Waals surface area contributed by atoms with E-state index in [4.69, 9.17) is 0 Å². The van der Waals surface area contributed by atoms with Crippen molar-refractivity contribution < 1.29 is 0 Å². The molecule has 0 N–H and O–H groups in total. The molecule has 12 heavy (non-hydrogen) atoms. The summed E-state index contributed by atoms with van der Waals surface area (Å²) < 4.78 is 0. The smallest absolute Gasteiger partial charge is 0.0798 e. The highest BCUT2D eigenvalue weighted by Crippen LogP contribution is 2.75. The molecule has 6 atom stereocenters. The Morgan fingerprint density at radius 2 is 1.25 bits per heavy atom. The Labute approximate surface area is 70.8 Å². The number of allylic oxidation sites excluding steroid dienone is 2. The van der Waals surface area contributed by atoms with Gasteiger partial charge in [-0.05, 0) is 29.6 Å². The summed E-state index contributed by atoms with van der Waals surface area (Å²) in [7, 11) is 0. The molecule has 1 heterocycles. The Bertz CT molecular complexity index is 284. The molecule has 0 saturated heterocycles. The van der Waals surface area contributed by atoms with E-state index in [1.807, 2.05) is 0 Å². The molecule has 0 amide bonds. The first-order valence-corrected chi connectivity index (χ1v) is 5.05. The van der Waals surface area contributed by atoms with Crippen LogP contribution in [0, 0.1) is 35.5 Å². The van der Waals surface area contributed by atoms with E-state index in [-0.39, 0.29) is 0 Å². The van der Waals surface area contributed by atoms with Crippen LogP contribution in [0.3, 0.4) is 0 Å². The zero-order valence-electron chi connectivity index (χ0n) is 6.67. The van der Waals surface area contributed by atoms with Crippen LogP contribution in [0.1, 0.15) is 0 Å². The average Bonchev–Trinajstić information content (AvgIpc) is 2.84. The normalized spacial score (nSPS) is 77.3. The van der Waals surface area contributed by atoms with E-state index < -0.39 is 0 Å². The molecule has 0 aromatic carbocycles. The van der Waals surface area contributed by atoms with Crippen molar-refractivity contribution in [2.75, 3.05) is 0 Å². The van der Waals surface area contributed by atoms with Crippen LogP contribution in [-0.2, 0) is 0 Å². The molecule has 4 fully saturated rings. The van der Waals surface area contributed by atoms with E-state index in [2.05, 4.69) is 22.4 Å². The zero-order valence-corrected chi connectivity index (χ0v) is 6.67. The van der Waals surface area contributed by atoms with Gasteiger partial charge in [-0.3, -0.25) is 0 Å². The molecule has 2 heteroatoms. The Kier molecular flexibility index (Phi) is 0.518. The van der Waals surface area contributed by atoms with Crippen molar-refractivity contribution in [3.63, 3.8) is 0 Å². The van der Waals surface area contributed by atoms with E-state index in [1.54, 1.807) is 0 Å². The zero-order chi connectivity index (χ0) is 7.45. The average molecular weight is 158 g/mol. The van der Waals surface area contributed by atoms with Crippen LogP contribution in [0.4, 0.5) is 0 Å². The van der Waals surface area contributed by atoms with Crippen molar-refractivity contribution in [3.8, 4) is 0 Å². The number of rotatable bonds is 0. The first kappa shape index (κ1) is 5.15. The topological polar surface area (TPSA) is 24.7 Å². The van der Waals surface area contributed by atoms with E-state index in [0.717, 1.165) is 35.5 Å². The van der Waals surface area contributed by atoms with Crippen LogP contribution in [0.5, 0.6) is 0 Å². The second kappa shape index (κ2) is 1.21. The van der Waals surface area contributed by atoms with Gasteiger partial charge in [0, 0.05) is 5.92 Å². The largest absolute Gasteiger partial charge is 0.190 e. The quantitative estimate of drug-likeness (QED) is 0.477. The molecule has 0 aromatic rings. The van der Waals surface area contributed by atoms with Crippen LogP contribution in [-0.4, -0.2) is 12.1 Å². The molecular weight excluding hydrogens is 148 g/mol. The molecule has 0 unspecified atom stereocenters. The molecule has 0 spiro atoms. The lowest BCUT2D eigenvalue weighted by molar-refractivity contribution is 0.289. The fourth-order valence-electron chi connectivity index (χ4n) is 5.11. The molecule has 1 aliphatic heterocycles. The van der Waals surface area contributed by atoms with Crippen molar-refractivity contribution in [2.45, 2.75) is 12.1 Å². The Balaban J connectivity index is 1.89. The van der Waals surface area contributed by atoms with E-state index in [0.29, 0.717) is 12.1 Å². The standard InChI is InChI=1S/C10H10N2/c1-2-4-5-3(1)6-7(4)10-8(5)9(6)11-12-10/h1-10H/t3-,4-,5?,6-,7-,8?,9-,10-/m1/s1. The molecule has 0 radical (unpaired) electrons. The van der Waals surface area contributed by atoms with Crippen molar-refractivity contribution >= 4 is 0 Å². The van der Waals surface area contributed by atoms with Gasteiger partial charge in [-0.25, -0.2) is 0 Å². The lowest BCUT2D eigenvalue weighted by Crippen LogP contribution is -2.27. The summed E-state index contributed by atoms with van der Waals surface area (Å²) in [5.74, 6) is 5.56. The first-order valence-electron chi connectivity index (χ1n) is 5.05. The Morgan fingerprint density at radius 3 is 1.83 bits per heavy atom.